The van der Waals surface area contributed by atoms with Gasteiger partial charge in [-0.1, -0.05) is 6.92 Å². The number of hydrogen-bond acceptors (Lipinski definition) is 3. The minimum atomic E-state index is -4.46. The van der Waals surface area contributed by atoms with E-state index in [9.17, 15) is 22.8 Å². The zero-order valence-corrected chi connectivity index (χ0v) is 15.4. The van der Waals surface area contributed by atoms with Gasteiger partial charge in [0.2, 0.25) is 0 Å². The van der Waals surface area contributed by atoms with Crippen LogP contribution in [0.15, 0.2) is 23.6 Å². The van der Waals surface area contributed by atoms with Gasteiger partial charge in [-0.25, -0.2) is 0 Å². The molecule has 0 radical (unpaired) electrons. The van der Waals surface area contributed by atoms with E-state index in [-0.39, 0.29) is 17.0 Å². The van der Waals surface area contributed by atoms with Crippen LogP contribution in [-0.2, 0) is 6.18 Å². The predicted molar refractivity (Wildman–Crippen MR) is 95.8 cm³/mol. The van der Waals surface area contributed by atoms with Crippen LogP contribution < -0.4 is 10.6 Å². The SMILES string of the molecule is CCCNC(=O)c1scc(C)c1NC(=O)c1ccc(C(F)(F)F)cc1C. The fourth-order valence-electron chi connectivity index (χ4n) is 2.36. The van der Waals surface area contributed by atoms with Crippen LogP contribution in [0, 0.1) is 13.8 Å². The number of alkyl halides is 3. The average molecular weight is 384 g/mol. The molecule has 2 amide bonds. The molecule has 0 fully saturated rings. The van der Waals surface area contributed by atoms with Crippen LogP contribution in [0.5, 0.6) is 0 Å². The summed E-state index contributed by atoms with van der Waals surface area (Å²) in [5, 5.41) is 7.15. The Hall–Kier alpha value is -2.35. The van der Waals surface area contributed by atoms with E-state index in [0.29, 0.717) is 17.1 Å². The Morgan fingerprint density at radius 1 is 1.12 bits per heavy atom. The summed E-state index contributed by atoms with van der Waals surface area (Å²) in [6, 6.07) is 2.95. The van der Waals surface area contributed by atoms with Crippen molar-refractivity contribution >= 4 is 28.8 Å². The van der Waals surface area contributed by atoms with Crippen molar-refractivity contribution < 1.29 is 22.8 Å². The van der Waals surface area contributed by atoms with Crippen molar-refractivity contribution in [3.63, 3.8) is 0 Å². The van der Waals surface area contributed by atoms with E-state index < -0.39 is 17.6 Å². The minimum Gasteiger partial charge on any atom is -0.351 e. The number of hydrogen-bond donors (Lipinski definition) is 2. The quantitative estimate of drug-likeness (QED) is 0.780. The molecule has 0 aliphatic rings. The molecule has 2 rings (SSSR count). The van der Waals surface area contributed by atoms with Crippen molar-refractivity contribution in [3.8, 4) is 0 Å². The first-order valence-corrected chi connectivity index (χ1v) is 8.88. The van der Waals surface area contributed by atoms with E-state index in [1.165, 1.54) is 18.3 Å². The number of aryl methyl sites for hydroxylation is 2. The molecule has 0 spiro atoms. The maximum atomic E-state index is 12.8. The number of nitrogens with one attached hydrogen (secondary N) is 2. The molecule has 1 aromatic heterocycles. The van der Waals surface area contributed by atoms with E-state index in [2.05, 4.69) is 10.6 Å². The summed E-state index contributed by atoms with van der Waals surface area (Å²) in [5.41, 5.74) is 0.631. The maximum absolute atomic E-state index is 12.8. The summed E-state index contributed by atoms with van der Waals surface area (Å²) in [7, 11) is 0. The molecule has 0 bridgehead atoms. The van der Waals surface area contributed by atoms with Crippen LogP contribution in [0.25, 0.3) is 0 Å². The lowest BCUT2D eigenvalue weighted by Gasteiger charge is -2.12. The Balaban J connectivity index is 2.26. The van der Waals surface area contributed by atoms with E-state index in [4.69, 9.17) is 0 Å². The van der Waals surface area contributed by atoms with Crippen molar-refractivity contribution in [1.82, 2.24) is 5.32 Å². The van der Waals surface area contributed by atoms with Crippen molar-refractivity contribution in [2.24, 2.45) is 0 Å². The van der Waals surface area contributed by atoms with Gasteiger partial charge in [0.25, 0.3) is 11.8 Å². The molecule has 2 N–H and O–H groups in total. The van der Waals surface area contributed by atoms with Crippen molar-refractivity contribution in [2.45, 2.75) is 33.4 Å². The first kappa shape index (κ1) is 20.0. The lowest BCUT2D eigenvalue weighted by molar-refractivity contribution is -0.137. The Morgan fingerprint density at radius 3 is 2.38 bits per heavy atom. The molecule has 1 aromatic carbocycles. The molecule has 0 saturated heterocycles. The fraction of sp³-hybridized carbons (Fsp3) is 0.333. The van der Waals surface area contributed by atoms with Crippen LogP contribution in [-0.4, -0.2) is 18.4 Å². The first-order chi connectivity index (χ1) is 12.1. The van der Waals surface area contributed by atoms with Gasteiger partial charge >= 0.3 is 6.18 Å². The Bertz CT molecular complexity index is 828. The lowest BCUT2D eigenvalue weighted by Crippen LogP contribution is -2.25. The molecular weight excluding hydrogens is 365 g/mol. The number of benzene rings is 1. The molecule has 0 saturated carbocycles. The number of thiophene rings is 1. The summed E-state index contributed by atoms with van der Waals surface area (Å²) < 4.78 is 38.3. The molecular formula is C18H19F3N2O2S. The third-order valence-electron chi connectivity index (χ3n) is 3.75. The third-order valence-corrected chi connectivity index (χ3v) is 4.85. The molecule has 2 aromatic rings. The second-order valence-corrected chi connectivity index (χ2v) is 6.74. The molecule has 1 heterocycles. The predicted octanol–water partition coefficient (Wildman–Crippen LogP) is 4.78. The fourth-order valence-corrected chi connectivity index (χ4v) is 3.28. The van der Waals surface area contributed by atoms with Crippen LogP contribution in [0.4, 0.5) is 18.9 Å². The number of carbonyl (C=O) groups excluding carboxylic acids is 2. The molecule has 0 aliphatic heterocycles. The highest BCUT2D eigenvalue weighted by molar-refractivity contribution is 7.13. The topological polar surface area (TPSA) is 58.2 Å². The van der Waals surface area contributed by atoms with E-state index >= 15 is 0 Å². The van der Waals surface area contributed by atoms with E-state index in [0.717, 1.165) is 30.2 Å². The number of carbonyl (C=O) groups is 2. The highest BCUT2D eigenvalue weighted by Gasteiger charge is 2.31. The van der Waals surface area contributed by atoms with E-state index in [1.54, 1.807) is 12.3 Å². The smallest absolute Gasteiger partial charge is 0.351 e. The van der Waals surface area contributed by atoms with Gasteiger partial charge in [-0.2, -0.15) is 13.2 Å². The number of amides is 2. The lowest BCUT2D eigenvalue weighted by atomic mass is 10.0. The van der Waals surface area contributed by atoms with Crippen molar-refractivity contribution in [1.29, 1.82) is 0 Å². The third kappa shape index (κ3) is 4.43. The molecule has 0 atom stereocenters. The van der Waals surface area contributed by atoms with Gasteiger partial charge < -0.3 is 10.6 Å². The van der Waals surface area contributed by atoms with E-state index in [1.807, 2.05) is 6.92 Å². The monoisotopic (exact) mass is 384 g/mol. The van der Waals surface area contributed by atoms with Crippen LogP contribution in [0.3, 0.4) is 0 Å². The summed E-state index contributed by atoms with van der Waals surface area (Å²) in [4.78, 5) is 25.1. The number of anilines is 1. The van der Waals surface area contributed by atoms with Gasteiger partial charge in [0, 0.05) is 12.1 Å². The Morgan fingerprint density at radius 2 is 1.81 bits per heavy atom. The standard InChI is InChI=1S/C18H19F3N2O2S/c1-4-7-22-17(25)15-14(11(3)9-26-15)23-16(24)13-6-5-12(8-10(13)2)18(19,20)21/h5-6,8-9H,4,7H2,1-3H3,(H,22,25)(H,23,24). The van der Waals surface area contributed by atoms with Crippen molar-refractivity contribution in [3.05, 3.63) is 50.7 Å². The van der Waals surface area contributed by atoms with Gasteiger partial charge in [0.1, 0.15) is 4.88 Å². The van der Waals surface area contributed by atoms with Gasteiger partial charge in [-0.3, -0.25) is 9.59 Å². The summed E-state index contributed by atoms with van der Waals surface area (Å²) in [5.74, 6) is -0.841. The second-order valence-electron chi connectivity index (χ2n) is 5.86. The van der Waals surface area contributed by atoms with Gasteiger partial charge in [-0.05, 0) is 55.0 Å². The zero-order valence-electron chi connectivity index (χ0n) is 14.6. The average Bonchev–Trinajstić information content (AvgIpc) is 2.92. The maximum Gasteiger partial charge on any atom is 0.416 e. The van der Waals surface area contributed by atoms with Crippen molar-refractivity contribution in [2.75, 3.05) is 11.9 Å². The largest absolute Gasteiger partial charge is 0.416 e. The van der Waals surface area contributed by atoms with Gasteiger partial charge in [0.15, 0.2) is 0 Å². The number of rotatable bonds is 5. The van der Waals surface area contributed by atoms with Crippen LogP contribution in [0.1, 0.15) is 50.1 Å². The number of halogens is 3. The summed E-state index contributed by atoms with van der Waals surface area (Å²) >= 11 is 1.21. The molecule has 0 aliphatic carbocycles. The van der Waals surface area contributed by atoms with Crippen LogP contribution in [0.2, 0.25) is 0 Å². The molecule has 140 valence electrons. The summed E-state index contributed by atoms with van der Waals surface area (Å²) in [6.07, 6.45) is -3.68. The minimum absolute atomic E-state index is 0.128. The first-order valence-electron chi connectivity index (χ1n) is 8.00. The van der Waals surface area contributed by atoms with Gasteiger partial charge in [0.05, 0.1) is 11.3 Å². The Labute approximate surface area is 153 Å². The molecule has 0 unspecified atom stereocenters. The second kappa shape index (κ2) is 7.90. The molecule has 4 nitrogen and oxygen atoms in total. The highest BCUT2D eigenvalue weighted by atomic mass is 32.1. The van der Waals surface area contributed by atoms with Gasteiger partial charge in [-0.15, -0.1) is 11.3 Å². The normalized spacial score (nSPS) is 11.3. The van der Waals surface area contributed by atoms with Crippen LogP contribution >= 0.6 is 11.3 Å². The molecule has 8 heteroatoms. The summed E-state index contributed by atoms with van der Waals surface area (Å²) in [6.45, 7) is 5.64. The zero-order chi connectivity index (χ0) is 19.5. The Kier molecular flexibility index (Phi) is 6.07. The molecule has 26 heavy (non-hydrogen) atoms. The highest BCUT2D eigenvalue weighted by Crippen LogP contribution is 2.31.